The van der Waals surface area contributed by atoms with Crippen molar-refractivity contribution in [1.82, 2.24) is 14.9 Å². The summed E-state index contributed by atoms with van der Waals surface area (Å²) in [7, 11) is 2.18. The number of fused-ring (bicyclic) bond motifs is 2. The van der Waals surface area contributed by atoms with Gasteiger partial charge in [-0.3, -0.25) is 9.69 Å². The van der Waals surface area contributed by atoms with E-state index in [0.29, 0.717) is 12.1 Å². The van der Waals surface area contributed by atoms with Crippen LogP contribution in [0.25, 0.3) is 0 Å². The minimum absolute atomic E-state index is 0.476. The largest absolute Gasteiger partial charge is 0.298 e. The van der Waals surface area contributed by atoms with Gasteiger partial charge in [-0.05, 0) is 25.5 Å². The summed E-state index contributed by atoms with van der Waals surface area (Å²) < 4.78 is 0. The third-order valence-corrected chi connectivity index (χ3v) is 3.86. The van der Waals surface area contributed by atoms with Crippen LogP contribution in [0.3, 0.4) is 0 Å². The van der Waals surface area contributed by atoms with Crippen LogP contribution in [0.2, 0.25) is 0 Å². The molecule has 0 saturated carbocycles. The fraction of sp³-hybridized carbons (Fsp3) is 0.727. The minimum atomic E-state index is 0.476. The lowest BCUT2D eigenvalue weighted by atomic mass is 10.2. The van der Waals surface area contributed by atoms with Gasteiger partial charge in [-0.25, -0.2) is 10.0 Å². The highest BCUT2D eigenvalue weighted by molar-refractivity contribution is 5.74. The van der Waals surface area contributed by atoms with E-state index in [9.17, 15) is 4.79 Å². The van der Waals surface area contributed by atoms with Gasteiger partial charge in [0.15, 0.2) is 0 Å². The van der Waals surface area contributed by atoms with E-state index in [1.54, 1.807) is 0 Å². The van der Waals surface area contributed by atoms with Gasteiger partial charge in [0.2, 0.25) is 0 Å². The molecule has 0 aromatic rings. The molecule has 1 aliphatic carbocycles. The van der Waals surface area contributed by atoms with E-state index in [2.05, 4.69) is 28.0 Å². The summed E-state index contributed by atoms with van der Waals surface area (Å²) in [5.74, 6) is 0. The number of carbonyl (C=O) groups excluding carboxylic acids is 1. The fourth-order valence-electron chi connectivity index (χ4n) is 2.93. The van der Waals surface area contributed by atoms with Gasteiger partial charge >= 0.3 is 0 Å². The predicted octanol–water partition coefficient (Wildman–Crippen LogP) is 0.0782. The number of nitrogens with zero attached hydrogens (tertiary/aromatic N) is 3. The Hall–Kier alpha value is -0.710. The van der Waals surface area contributed by atoms with Crippen molar-refractivity contribution in [3.63, 3.8) is 0 Å². The topological polar surface area (TPSA) is 26.8 Å². The van der Waals surface area contributed by atoms with Gasteiger partial charge in [-0.1, -0.05) is 6.08 Å². The van der Waals surface area contributed by atoms with Crippen LogP contribution in [-0.4, -0.2) is 60.1 Å². The Kier molecular flexibility index (Phi) is 2.16. The second-order valence-electron chi connectivity index (χ2n) is 4.83. The summed E-state index contributed by atoms with van der Waals surface area (Å²) in [6, 6.07) is 1.17. The first-order valence-electron chi connectivity index (χ1n) is 5.65. The lowest BCUT2D eigenvalue weighted by Crippen LogP contribution is -2.49. The van der Waals surface area contributed by atoms with Gasteiger partial charge in [0.25, 0.3) is 0 Å². The average molecular weight is 207 g/mol. The summed E-state index contributed by atoms with van der Waals surface area (Å²) >= 11 is 0. The molecule has 0 aromatic heterocycles. The zero-order valence-corrected chi connectivity index (χ0v) is 9.09. The lowest BCUT2D eigenvalue weighted by Gasteiger charge is -2.36. The monoisotopic (exact) mass is 207 g/mol. The smallest absolute Gasteiger partial charge is 0.145 e. The van der Waals surface area contributed by atoms with E-state index in [-0.39, 0.29) is 0 Å². The Balaban J connectivity index is 1.71. The Morgan fingerprint density at radius 2 is 2.33 bits per heavy atom. The van der Waals surface area contributed by atoms with E-state index < -0.39 is 0 Å². The maximum atomic E-state index is 10.7. The number of aldehydes is 1. The van der Waals surface area contributed by atoms with Gasteiger partial charge in [0.05, 0.1) is 6.67 Å². The Morgan fingerprint density at radius 3 is 2.87 bits per heavy atom. The quantitative estimate of drug-likeness (QED) is 0.599. The number of hydrogen-bond donors (Lipinski definition) is 0. The molecule has 3 rings (SSSR count). The number of likely N-dealkylation sites (N-methyl/N-ethyl adjacent to an activating group) is 1. The van der Waals surface area contributed by atoms with Crippen molar-refractivity contribution in [2.45, 2.75) is 24.9 Å². The van der Waals surface area contributed by atoms with Crippen molar-refractivity contribution < 1.29 is 4.79 Å². The van der Waals surface area contributed by atoms with Crippen LogP contribution in [0, 0.1) is 0 Å². The normalized spacial score (nSPS) is 41.1. The van der Waals surface area contributed by atoms with Crippen LogP contribution >= 0.6 is 0 Å². The number of carbonyl (C=O) groups is 1. The van der Waals surface area contributed by atoms with Gasteiger partial charge in [-0.15, -0.1) is 0 Å². The van der Waals surface area contributed by atoms with Crippen molar-refractivity contribution in [3.05, 3.63) is 11.6 Å². The summed E-state index contributed by atoms with van der Waals surface area (Å²) in [5.41, 5.74) is 0.984. The van der Waals surface area contributed by atoms with Crippen molar-refractivity contribution >= 4 is 6.29 Å². The van der Waals surface area contributed by atoms with Gasteiger partial charge in [0.1, 0.15) is 6.29 Å². The third kappa shape index (κ3) is 1.44. The summed E-state index contributed by atoms with van der Waals surface area (Å²) in [5, 5.41) is 4.86. The van der Waals surface area contributed by atoms with E-state index in [1.165, 1.54) is 0 Å². The Labute approximate surface area is 90.1 Å². The first-order valence-corrected chi connectivity index (χ1v) is 5.65. The number of rotatable bonds is 2. The highest BCUT2D eigenvalue weighted by Gasteiger charge is 2.42. The molecule has 2 aliphatic heterocycles. The first kappa shape index (κ1) is 9.51. The second kappa shape index (κ2) is 3.40. The lowest BCUT2D eigenvalue weighted by molar-refractivity contribution is -0.105. The molecular weight excluding hydrogens is 190 g/mol. The zero-order valence-electron chi connectivity index (χ0n) is 9.09. The summed E-state index contributed by atoms with van der Waals surface area (Å²) in [6.07, 6.45) is 5.23. The Bertz CT molecular complexity index is 313. The number of hydrazine groups is 1. The van der Waals surface area contributed by atoms with Crippen LogP contribution in [0.4, 0.5) is 0 Å². The van der Waals surface area contributed by atoms with E-state index in [0.717, 1.165) is 44.5 Å². The molecule has 0 spiro atoms. The molecule has 0 N–H and O–H groups in total. The molecule has 4 heteroatoms. The maximum Gasteiger partial charge on any atom is 0.145 e. The molecule has 82 valence electrons. The third-order valence-electron chi connectivity index (χ3n) is 3.86. The molecule has 2 saturated heterocycles. The highest BCUT2D eigenvalue weighted by Crippen LogP contribution is 2.30. The van der Waals surface area contributed by atoms with Crippen molar-refractivity contribution in [3.8, 4) is 0 Å². The van der Waals surface area contributed by atoms with Gasteiger partial charge < -0.3 is 0 Å². The molecule has 2 fully saturated rings. The summed E-state index contributed by atoms with van der Waals surface area (Å²) in [6.45, 7) is 3.34. The molecule has 0 amide bonds. The maximum absolute atomic E-state index is 10.7. The van der Waals surface area contributed by atoms with Crippen LogP contribution in [0.1, 0.15) is 12.8 Å². The fourth-order valence-corrected chi connectivity index (χ4v) is 2.93. The second-order valence-corrected chi connectivity index (χ2v) is 4.83. The molecular formula is C11H17N3O. The van der Waals surface area contributed by atoms with Crippen LogP contribution in [0.15, 0.2) is 11.6 Å². The van der Waals surface area contributed by atoms with E-state index in [4.69, 9.17) is 0 Å². The van der Waals surface area contributed by atoms with Gasteiger partial charge in [0, 0.05) is 25.2 Å². The number of hydrogen-bond acceptors (Lipinski definition) is 4. The molecule has 3 atom stereocenters. The molecule has 15 heavy (non-hydrogen) atoms. The molecule has 3 aliphatic rings. The predicted molar refractivity (Wildman–Crippen MR) is 57.0 cm³/mol. The molecule has 1 unspecified atom stereocenters. The Morgan fingerprint density at radius 1 is 1.47 bits per heavy atom. The molecule has 0 radical (unpaired) electrons. The van der Waals surface area contributed by atoms with E-state index >= 15 is 0 Å². The SMILES string of the molecule is CN1C[N@]2C[C@H]1CN2C1C=C(C=O)CC1. The van der Waals surface area contributed by atoms with Crippen molar-refractivity contribution in [2.75, 3.05) is 26.8 Å². The van der Waals surface area contributed by atoms with Crippen molar-refractivity contribution in [1.29, 1.82) is 0 Å². The first-order chi connectivity index (χ1) is 7.28. The zero-order chi connectivity index (χ0) is 10.4. The van der Waals surface area contributed by atoms with Crippen molar-refractivity contribution in [2.24, 2.45) is 0 Å². The molecule has 0 aromatic carbocycles. The number of allylic oxidation sites excluding steroid dienone is 1. The molecule has 4 nitrogen and oxygen atoms in total. The standard InChI is InChI=1S/C11H17N3O/c1-12-8-13-5-11(12)6-14(13)10-3-2-9(4-10)7-15/h4,7,10-11H,2-3,5-6,8H2,1H3/t10?,11-/m0/s1. The van der Waals surface area contributed by atoms with Crippen LogP contribution in [-0.2, 0) is 4.79 Å². The molecule has 2 bridgehead atoms. The summed E-state index contributed by atoms with van der Waals surface area (Å²) in [4.78, 5) is 13.1. The van der Waals surface area contributed by atoms with Crippen LogP contribution < -0.4 is 0 Å². The van der Waals surface area contributed by atoms with Gasteiger partial charge in [-0.2, -0.15) is 0 Å². The van der Waals surface area contributed by atoms with E-state index in [1.807, 2.05) is 0 Å². The molecule has 2 heterocycles. The minimum Gasteiger partial charge on any atom is -0.298 e. The highest BCUT2D eigenvalue weighted by atomic mass is 16.1. The van der Waals surface area contributed by atoms with Crippen LogP contribution in [0.5, 0.6) is 0 Å². The average Bonchev–Trinajstić information content (AvgIpc) is 2.89.